The molecular weight excluding hydrogens is 418 g/mol. The molecule has 2 atom stereocenters. The molecule has 2 aromatic carbocycles. The van der Waals surface area contributed by atoms with Crippen LogP contribution in [0, 0.1) is 5.92 Å². The third kappa shape index (κ3) is 4.87. The zero-order chi connectivity index (χ0) is 23.4. The number of nitrogens with one attached hydrogen (secondary N) is 1. The Morgan fingerprint density at radius 3 is 2.58 bits per heavy atom. The summed E-state index contributed by atoms with van der Waals surface area (Å²) in [6.07, 6.45) is 3.43. The third-order valence-corrected chi connectivity index (χ3v) is 6.48. The van der Waals surface area contributed by atoms with Crippen LogP contribution >= 0.6 is 0 Å². The Morgan fingerprint density at radius 1 is 1.12 bits per heavy atom. The molecule has 2 fully saturated rings. The zero-order valence-corrected chi connectivity index (χ0v) is 19.3. The second-order valence-corrected chi connectivity index (χ2v) is 8.66. The maximum Gasteiger partial charge on any atom is 0.230 e. The van der Waals surface area contributed by atoms with E-state index in [0.717, 1.165) is 36.3 Å². The third-order valence-electron chi connectivity index (χ3n) is 6.48. The van der Waals surface area contributed by atoms with Gasteiger partial charge in [-0.25, -0.2) is 0 Å². The van der Waals surface area contributed by atoms with Crippen molar-refractivity contribution in [2.24, 2.45) is 5.92 Å². The highest BCUT2D eigenvalue weighted by Crippen LogP contribution is 2.39. The lowest BCUT2D eigenvalue weighted by molar-refractivity contribution is -0.129. The molecule has 0 spiro atoms. The van der Waals surface area contributed by atoms with Crippen molar-refractivity contribution in [3.63, 3.8) is 0 Å². The van der Waals surface area contributed by atoms with Crippen LogP contribution in [0.25, 0.3) is 0 Å². The molecule has 174 valence electrons. The number of carbonyl (C=O) groups is 3. The van der Waals surface area contributed by atoms with Crippen molar-refractivity contribution in [3.05, 3.63) is 54.1 Å². The number of amides is 3. The summed E-state index contributed by atoms with van der Waals surface area (Å²) in [5.74, 6) is 0.150. The second-order valence-electron chi connectivity index (χ2n) is 8.66. The minimum absolute atomic E-state index is 0.000771. The molecule has 0 aliphatic carbocycles. The minimum Gasteiger partial charge on any atom is -0.497 e. The van der Waals surface area contributed by atoms with Gasteiger partial charge in [-0.2, -0.15) is 0 Å². The summed E-state index contributed by atoms with van der Waals surface area (Å²) in [5.41, 5.74) is 2.34. The van der Waals surface area contributed by atoms with Crippen LogP contribution in [-0.2, 0) is 14.4 Å². The van der Waals surface area contributed by atoms with Gasteiger partial charge in [-0.05, 0) is 48.7 Å². The first-order valence-electron chi connectivity index (χ1n) is 11.7. The highest BCUT2D eigenvalue weighted by molar-refractivity contribution is 5.99. The number of hydrogen-bond acceptors (Lipinski definition) is 4. The molecule has 7 heteroatoms. The van der Waals surface area contributed by atoms with Crippen LogP contribution in [0.5, 0.6) is 5.75 Å². The SMILES string of the molecule is CCCCN1C(=O)CC(C(=O)Nc2cccc(N3CCCC3=O)c2)C1c1ccc(OC)cc1. The highest BCUT2D eigenvalue weighted by Gasteiger charge is 2.44. The average molecular weight is 450 g/mol. The predicted molar refractivity (Wildman–Crippen MR) is 127 cm³/mol. The Morgan fingerprint density at radius 2 is 1.91 bits per heavy atom. The van der Waals surface area contributed by atoms with Gasteiger partial charge in [0.15, 0.2) is 0 Å². The van der Waals surface area contributed by atoms with Crippen molar-refractivity contribution in [2.75, 3.05) is 30.4 Å². The maximum absolute atomic E-state index is 13.4. The fourth-order valence-electron chi connectivity index (χ4n) is 4.74. The molecule has 33 heavy (non-hydrogen) atoms. The Labute approximate surface area is 194 Å². The summed E-state index contributed by atoms with van der Waals surface area (Å²) in [4.78, 5) is 42.0. The standard InChI is InChI=1S/C26H31N3O4/c1-3-4-14-29-24(31)17-22(25(29)18-10-12-21(33-2)13-11-18)26(32)27-19-7-5-8-20(16-19)28-15-6-9-23(28)30/h5,7-8,10-13,16,22,25H,3-4,6,9,14-15,17H2,1-2H3,(H,27,32). The zero-order valence-electron chi connectivity index (χ0n) is 19.3. The second kappa shape index (κ2) is 10.1. The Kier molecular flexibility index (Phi) is 6.96. The van der Waals surface area contributed by atoms with Crippen molar-refractivity contribution in [1.29, 1.82) is 0 Å². The van der Waals surface area contributed by atoms with Gasteiger partial charge in [0.05, 0.1) is 19.1 Å². The molecule has 0 radical (unpaired) electrons. The van der Waals surface area contributed by atoms with Crippen LogP contribution in [0.3, 0.4) is 0 Å². The lowest BCUT2D eigenvalue weighted by Gasteiger charge is -2.28. The molecule has 2 aromatic rings. The van der Waals surface area contributed by atoms with E-state index in [4.69, 9.17) is 4.74 Å². The number of nitrogens with zero attached hydrogens (tertiary/aromatic N) is 2. The number of anilines is 2. The van der Waals surface area contributed by atoms with Gasteiger partial charge in [0, 0.05) is 37.3 Å². The molecule has 2 saturated heterocycles. The number of unbranched alkanes of at least 4 members (excludes halogenated alkanes) is 1. The lowest BCUT2D eigenvalue weighted by Crippen LogP contribution is -2.33. The molecule has 0 bridgehead atoms. The van der Waals surface area contributed by atoms with Gasteiger partial charge in [-0.3, -0.25) is 14.4 Å². The Balaban J connectivity index is 1.57. The fourth-order valence-corrected chi connectivity index (χ4v) is 4.74. The first-order chi connectivity index (χ1) is 16.0. The van der Waals surface area contributed by atoms with Crippen molar-refractivity contribution >= 4 is 29.1 Å². The monoisotopic (exact) mass is 449 g/mol. The largest absolute Gasteiger partial charge is 0.497 e. The van der Waals surface area contributed by atoms with Crippen molar-refractivity contribution in [3.8, 4) is 5.75 Å². The smallest absolute Gasteiger partial charge is 0.230 e. The average Bonchev–Trinajstić information content (AvgIpc) is 3.40. The molecule has 2 aliphatic rings. The highest BCUT2D eigenvalue weighted by atomic mass is 16.5. The first-order valence-corrected chi connectivity index (χ1v) is 11.7. The van der Waals surface area contributed by atoms with E-state index in [1.165, 1.54) is 0 Å². The molecule has 2 heterocycles. The fraction of sp³-hybridized carbons (Fsp3) is 0.423. The van der Waals surface area contributed by atoms with Crippen LogP contribution in [0.4, 0.5) is 11.4 Å². The normalized spacial score (nSPS) is 20.4. The molecule has 1 N–H and O–H groups in total. The van der Waals surface area contributed by atoms with E-state index in [-0.39, 0.29) is 30.2 Å². The number of ether oxygens (including phenoxy) is 1. The number of hydrogen-bond donors (Lipinski definition) is 1. The Bertz CT molecular complexity index is 1020. The summed E-state index contributed by atoms with van der Waals surface area (Å²) in [5, 5.41) is 3.00. The molecule has 0 aromatic heterocycles. The number of likely N-dealkylation sites (tertiary alicyclic amines) is 1. The van der Waals surface area contributed by atoms with E-state index >= 15 is 0 Å². The van der Waals surface area contributed by atoms with Gasteiger partial charge >= 0.3 is 0 Å². The molecule has 4 rings (SSSR count). The quantitative estimate of drug-likeness (QED) is 0.657. The van der Waals surface area contributed by atoms with Crippen LogP contribution in [0.1, 0.15) is 50.6 Å². The molecule has 2 aliphatic heterocycles. The molecule has 0 saturated carbocycles. The summed E-state index contributed by atoms with van der Waals surface area (Å²) >= 11 is 0. The number of methoxy groups -OCH3 is 1. The minimum atomic E-state index is -0.500. The molecular formula is C26H31N3O4. The van der Waals surface area contributed by atoms with E-state index < -0.39 is 5.92 Å². The lowest BCUT2D eigenvalue weighted by atomic mass is 9.92. The Hall–Kier alpha value is -3.35. The van der Waals surface area contributed by atoms with E-state index in [1.807, 2.05) is 53.4 Å². The maximum atomic E-state index is 13.4. The summed E-state index contributed by atoms with van der Waals surface area (Å²) in [6.45, 7) is 3.41. The van der Waals surface area contributed by atoms with E-state index in [1.54, 1.807) is 12.0 Å². The predicted octanol–water partition coefficient (Wildman–Crippen LogP) is 4.15. The van der Waals surface area contributed by atoms with Gasteiger partial charge in [0.1, 0.15) is 5.75 Å². The van der Waals surface area contributed by atoms with Gasteiger partial charge < -0.3 is 19.9 Å². The first kappa shape index (κ1) is 22.8. The van der Waals surface area contributed by atoms with Crippen LogP contribution in [0.15, 0.2) is 48.5 Å². The molecule has 2 unspecified atom stereocenters. The number of carbonyl (C=O) groups excluding carboxylic acids is 3. The van der Waals surface area contributed by atoms with Crippen molar-refractivity contribution in [2.45, 2.75) is 45.1 Å². The summed E-state index contributed by atoms with van der Waals surface area (Å²) < 4.78 is 5.27. The van der Waals surface area contributed by atoms with Crippen molar-refractivity contribution in [1.82, 2.24) is 4.90 Å². The van der Waals surface area contributed by atoms with E-state index in [9.17, 15) is 14.4 Å². The summed E-state index contributed by atoms with van der Waals surface area (Å²) in [6, 6.07) is 14.6. The number of rotatable bonds is 8. The van der Waals surface area contributed by atoms with Gasteiger partial charge in [-0.15, -0.1) is 0 Å². The van der Waals surface area contributed by atoms with Crippen LogP contribution in [0.2, 0.25) is 0 Å². The molecule has 3 amide bonds. The van der Waals surface area contributed by atoms with Crippen molar-refractivity contribution < 1.29 is 19.1 Å². The topological polar surface area (TPSA) is 79.0 Å². The number of benzene rings is 2. The van der Waals surface area contributed by atoms with E-state index in [0.29, 0.717) is 25.2 Å². The molecule has 7 nitrogen and oxygen atoms in total. The van der Waals surface area contributed by atoms with Crippen LogP contribution in [-0.4, -0.2) is 42.8 Å². The van der Waals surface area contributed by atoms with E-state index in [2.05, 4.69) is 12.2 Å². The van der Waals surface area contributed by atoms with Crippen LogP contribution < -0.4 is 15.0 Å². The van der Waals surface area contributed by atoms with Gasteiger partial charge in [0.2, 0.25) is 17.7 Å². The van der Waals surface area contributed by atoms with Gasteiger partial charge in [0.25, 0.3) is 0 Å². The summed E-state index contributed by atoms with van der Waals surface area (Å²) in [7, 11) is 1.61. The van der Waals surface area contributed by atoms with Gasteiger partial charge in [-0.1, -0.05) is 31.5 Å².